The largest absolute Gasteiger partial charge is 0.394 e. The van der Waals surface area contributed by atoms with Crippen molar-refractivity contribution in [3.8, 4) is 0 Å². The Hall–Kier alpha value is -2.20. The quantitative estimate of drug-likeness (QED) is 0.892. The molecule has 2 aromatic rings. The molecule has 114 valence electrons. The number of carbonyl (C=O) groups is 1. The van der Waals surface area contributed by atoms with Crippen LogP contribution in [-0.4, -0.2) is 17.6 Å². The molecule has 0 radical (unpaired) electrons. The number of amides is 1. The first-order valence-electron chi connectivity index (χ1n) is 7.38. The fraction of sp³-hybridized carbons (Fsp3) is 0.278. The highest BCUT2D eigenvalue weighted by Crippen LogP contribution is 2.48. The Morgan fingerprint density at radius 2 is 1.91 bits per heavy atom. The second kappa shape index (κ2) is 5.89. The summed E-state index contributed by atoms with van der Waals surface area (Å²) in [4.78, 5) is 12.6. The van der Waals surface area contributed by atoms with Crippen molar-refractivity contribution < 1.29 is 14.3 Å². The number of nitrogens with one attached hydrogen (secondary N) is 1. The molecule has 3 nitrogen and oxygen atoms in total. The van der Waals surface area contributed by atoms with Gasteiger partial charge in [0.05, 0.1) is 18.1 Å². The van der Waals surface area contributed by atoms with Gasteiger partial charge >= 0.3 is 0 Å². The van der Waals surface area contributed by atoms with Gasteiger partial charge in [0.2, 0.25) is 5.91 Å². The van der Waals surface area contributed by atoms with Gasteiger partial charge in [-0.2, -0.15) is 0 Å². The number of carbonyl (C=O) groups excluding carboxylic acids is 1. The van der Waals surface area contributed by atoms with Crippen molar-refractivity contribution >= 4 is 5.91 Å². The third-order valence-corrected chi connectivity index (χ3v) is 4.25. The summed E-state index contributed by atoms with van der Waals surface area (Å²) in [7, 11) is 0. The number of hydrogen-bond donors (Lipinski definition) is 2. The van der Waals surface area contributed by atoms with E-state index >= 15 is 0 Å². The molecule has 0 spiro atoms. The third kappa shape index (κ3) is 2.74. The zero-order valence-electron chi connectivity index (χ0n) is 12.1. The Kier molecular flexibility index (Phi) is 3.94. The number of hydrogen-bond acceptors (Lipinski definition) is 2. The second-order valence-corrected chi connectivity index (χ2v) is 5.71. The molecule has 0 unspecified atom stereocenters. The maximum Gasteiger partial charge on any atom is 0.231 e. The van der Waals surface area contributed by atoms with E-state index in [-0.39, 0.29) is 18.3 Å². The van der Waals surface area contributed by atoms with Crippen LogP contribution >= 0.6 is 0 Å². The minimum atomic E-state index is -0.649. The van der Waals surface area contributed by atoms with Crippen LogP contribution in [0.15, 0.2) is 54.6 Å². The molecule has 3 rings (SSSR count). The maximum absolute atomic E-state index is 13.4. The molecule has 1 atom stereocenters. The Morgan fingerprint density at radius 1 is 1.18 bits per heavy atom. The summed E-state index contributed by atoms with van der Waals surface area (Å²) in [6.45, 7) is -0.172. The lowest BCUT2D eigenvalue weighted by molar-refractivity contribution is -0.124. The molecule has 0 bridgehead atoms. The van der Waals surface area contributed by atoms with Gasteiger partial charge in [-0.1, -0.05) is 42.5 Å². The smallest absolute Gasteiger partial charge is 0.231 e. The molecule has 0 saturated heterocycles. The molecule has 1 aliphatic carbocycles. The Bertz CT molecular complexity index is 668. The minimum absolute atomic E-state index is 0.152. The van der Waals surface area contributed by atoms with E-state index < -0.39 is 11.5 Å². The van der Waals surface area contributed by atoms with E-state index in [2.05, 4.69) is 5.32 Å². The summed E-state index contributed by atoms with van der Waals surface area (Å²) in [6.07, 6.45) is 1.41. The van der Waals surface area contributed by atoms with Crippen LogP contribution in [0.1, 0.15) is 30.0 Å². The summed E-state index contributed by atoms with van der Waals surface area (Å²) in [5.74, 6) is -0.487. The van der Waals surface area contributed by atoms with Crippen molar-refractivity contribution in [3.05, 3.63) is 71.5 Å². The number of rotatable bonds is 5. The van der Waals surface area contributed by atoms with Gasteiger partial charge in [-0.05, 0) is 36.1 Å². The molecular formula is C18H18FNO2. The number of benzene rings is 2. The van der Waals surface area contributed by atoms with Crippen LogP contribution in [0.5, 0.6) is 0 Å². The minimum Gasteiger partial charge on any atom is -0.394 e. The predicted octanol–water partition coefficient (Wildman–Crippen LogP) is 2.71. The van der Waals surface area contributed by atoms with Crippen LogP contribution in [0.4, 0.5) is 4.39 Å². The van der Waals surface area contributed by atoms with Crippen molar-refractivity contribution in [3.63, 3.8) is 0 Å². The first kappa shape index (κ1) is 14.7. The van der Waals surface area contributed by atoms with Crippen molar-refractivity contribution in [1.29, 1.82) is 0 Å². The molecule has 0 aromatic heterocycles. The zero-order valence-corrected chi connectivity index (χ0v) is 12.1. The molecule has 2 N–H and O–H groups in total. The van der Waals surface area contributed by atoms with E-state index in [1.54, 1.807) is 12.1 Å². The lowest BCUT2D eigenvalue weighted by atomic mass is 9.94. The van der Waals surface area contributed by atoms with Crippen molar-refractivity contribution in [1.82, 2.24) is 5.32 Å². The molecule has 1 amide bonds. The Balaban J connectivity index is 1.79. The first-order chi connectivity index (χ1) is 10.7. The van der Waals surface area contributed by atoms with E-state index in [1.165, 1.54) is 12.1 Å². The van der Waals surface area contributed by atoms with Gasteiger partial charge in [-0.3, -0.25) is 4.79 Å². The highest BCUT2D eigenvalue weighted by atomic mass is 19.1. The van der Waals surface area contributed by atoms with Crippen LogP contribution in [0.3, 0.4) is 0 Å². The molecule has 22 heavy (non-hydrogen) atoms. The van der Waals surface area contributed by atoms with E-state index in [1.807, 2.05) is 30.3 Å². The van der Waals surface area contributed by atoms with Crippen LogP contribution in [-0.2, 0) is 10.2 Å². The van der Waals surface area contributed by atoms with Crippen LogP contribution < -0.4 is 5.32 Å². The third-order valence-electron chi connectivity index (χ3n) is 4.25. The van der Waals surface area contributed by atoms with Gasteiger partial charge in [0.15, 0.2) is 0 Å². The number of aliphatic hydroxyl groups is 1. The fourth-order valence-electron chi connectivity index (χ4n) is 2.77. The molecular weight excluding hydrogens is 281 g/mol. The van der Waals surface area contributed by atoms with Gasteiger partial charge < -0.3 is 10.4 Å². The SMILES string of the molecule is O=C(N[C@H](CO)c1ccccc1)C1(c2cccc(F)c2)CC1. The highest BCUT2D eigenvalue weighted by molar-refractivity contribution is 5.91. The molecule has 1 fully saturated rings. The Morgan fingerprint density at radius 3 is 2.50 bits per heavy atom. The van der Waals surface area contributed by atoms with Crippen LogP contribution in [0, 0.1) is 5.82 Å². The number of aliphatic hydroxyl groups excluding tert-OH is 1. The summed E-state index contributed by atoms with van der Waals surface area (Å²) >= 11 is 0. The van der Waals surface area contributed by atoms with Crippen LogP contribution in [0.25, 0.3) is 0 Å². The van der Waals surface area contributed by atoms with Gasteiger partial charge in [0, 0.05) is 0 Å². The van der Waals surface area contributed by atoms with Gasteiger partial charge in [0.1, 0.15) is 5.82 Å². The normalized spacial score (nSPS) is 16.8. The topological polar surface area (TPSA) is 49.3 Å². The fourth-order valence-corrected chi connectivity index (χ4v) is 2.77. The lowest BCUT2D eigenvalue weighted by Crippen LogP contribution is -2.38. The monoisotopic (exact) mass is 299 g/mol. The zero-order chi connectivity index (χ0) is 15.6. The summed E-state index contributed by atoms with van der Waals surface area (Å²) in [5.41, 5.74) is 0.910. The summed E-state index contributed by atoms with van der Waals surface area (Å²) < 4.78 is 13.4. The maximum atomic E-state index is 13.4. The van der Waals surface area contributed by atoms with Crippen molar-refractivity contribution in [2.24, 2.45) is 0 Å². The summed E-state index contributed by atoms with van der Waals surface area (Å²) in [6, 6.07) is 15.1. The van der Waals surface area contributed by atoms with E-state index in [9.17, 15) is 14.3 Å². The van der Waals surface area contributed by atoms with Crippen molar-refractivity contribution in [2.45, 2.75) is 24.3 Å². The molecule has 0 heterocycles. The standard InChI is InChI=1S/C18H18FNO2/c19-15-8-4-7-14(11-15)18(9-10-18)17(22)20-16(12-21)13-5-2-1-3-6-13/h1-8,11,16,21H,9-10,12H2,(H,20,22)/t16-/m1/s1. The van der Waals surface area contributed by atoms with E-state index in [4.69, 9.17) is 0 Å². The molecule has 4 heteroatoms. The average Bonchev–Trinajstić information content (AvgIpc) is 3.35. The predicted molar refractivity (Wildman–Crippen MR) is 81.7 cm³/mol. The lowest BCUT2D eigenvalue weighted by Gasteiger charge is -2.21. The second-order valence-electron chi connectivity index (χ2n) is 5.71. The van der Waals surface area contributed by atoms with Crippen molar-refractivity contribution in [2.75, 3.05) is 6.61 Å². The number of halogens is 1. The van der Waals surface area contributed by atoms with Gasteiger partial charge in [0.25, 0.3) is 0 Å². The van der Waals surface area contributed by atoms with Gasteiger partial charge in [-0.25, -0.2) is 4.39 Å². The van der Waals surface area contributed by atoms with E-state index in [0.717, 1.165) is 5.56 Å². The molecule has 2 aromatic carbocycles. The Labute approximate surface area is 128 Å². The first-order valence-corrected chi connectivity index (χ1v) is 7.38. The van der Waals surface area contributed by atoms with Crippen LogP contribution in [0.2, 0.25) is 0 Å². The summed E-state index contributed by atoms with van der Waals surface area (Å²) in [5, 5.41) is 12.4. The van der Waals surface area contributed by atoms with E-state index in [0.29, 0.717) is 18.4 Å². The van der Waals surface area contributed by atoms with Gasteiger partial charge in [-0.15, -0.1) is 0 Å². The molecule has 0 aliphatic heterocycles. The molecule has 1 saturated carbocycles. The molecule has 1 aliphatic rings. The highest BCUT2D eigenvalue weighted by Gasteiger charge is 2.51. The average molecular weight is 299 g/mol.